The van der Waals surface area contributed by atoms with Crippen molar-refractivity contribution in [2.75, 3.05) is 6.61 Å². The number of hydrogen-bond acceptors (Lipinski definition) is 14. The third-order valence-electron chi connectivity index (χ3n) is 6.10. The molecule has 1 fully saturated rings. The number of rotatable bonds is 10. The Kier molecular flexibility index (Phi) is 10.8. The number of pyridine rings is 1. The Bertz CT molecular complexity index is 1510. The van der Waals surface area contributed by atoms with Gasteiger partial charge in [-0.05, 0) is 36.4 Å². The Hall–Kier alpha value is -4.63. The lowest BCUT2D eigenvalue weighted by Crippen LogP contribution is -2.61. The molecule has 3 aromatic rings. The molecular weight excluding hydrogens is 594 g/mol. The van der Waals surface area contributed by atoms with Gasteiger partial charge in [-0.15, -0.1) is 10.2 Å². The molecule has 1 aromatic carbocycles. The number of thioether (sulfide) groups is 1. The number of carbonyl (C=O) groups is 4. The predicted octanol–water partition coefficient (Wildman–Crippen LogP) is 2.71. The molecule has 1 aliphatic heterocycles. The quantitative estimate of drug-likeness (QED) is 0.183. The normalized spacial score (nSPS) is 21.4. The van der Waals surface area contributed by atoms with Crippen LogP contribution in [-0.2, 0) is 42.9 Å². The monoisotopic (exact) mass is 625 g/mol. The highest BCUT2D eigenvalue weighted by molar-refractivity contribution is 7.99. The number of aromatic nitrogens is 4. The van der Waals surface area contributed by atoms with E-state index in [-0.39, 0.29) is 11.8 Å². The van der Waals surface area contributed by atoms with Gasteiger partial charge < -0.3 is 23.7 Å². The summed E-state index contributed by atoms with van der Waals surface area (Å²) in [6.07, 6.45) is -0.149. The van der Waals surface area contributed by atoms with Crippen molar-refractivity contribution >= 4 is 41.9 Å². The second-order valence-corrected chi connectivity index (χ2v) is 10.8. The molecule has 3 heterocycles. The van der Waals surface area contributed by atoms with E-state index in [1.165, 1.54) is 18.5 Å². The molecular formula is C29H31N5O9S. The molecule has 1 saturated heterocycles. The van der Waals surface area contributed by atoms with E-state index in [1.54, 1.807) is 30.7 Å². The van der Waals surface area contributed by atoms with E-state index in [0.717, 1.165) is 36.7 Å². The minimum atomic E-state index is -1.32. The Morgan fingerprint density at radius 3 is 2.18 bits per heavy atom. The van der Waals surface area contributed by atoms with Gasteiger partial charge in [0, 0.05) is 45.7 Å². The first kappa shape index (κ1) is 32.3. The van der Waals surface area contributed by atoms with Gasteiger partial charge in [-0.2, -0.15) is 9.78 Å². The van der Waals surface area contributed by atoms with Crippen LogP contribution in [0.1, 0.15) is 38.8 Å². The molecule has 4 rings (SSSR count). The highest BCUT2D eigenvalue weighted by atomic mass is 32.2. The van der Waals surface area contributed by atoms with Gasteiger partial charge in [0.05, 0.1) is 6.21 Å². The number of aryl methyl sites for hydroxylation is 1. The molecule has 1 aliphatic rings. The van der Waals surface area contributed by atoms with Crippen molar-refractivity contribution in [2.45, 2.75) is 69.6 Å². The summed E-state index contributed by atoms with van der Waals surface area (Å²) in [6.45, 7) is 6.31. The van der Waals surface area contributed by atoms with Crippen LogP contribution in [0.2, 0.25) is 0 Å². The standard InChI is InChI=1S/C29H31N5O9S/c1-16-8-10-21(11-9-16)13-31-34-27(22-7-6-12-30-14-22)32-33-29(34)44-28-26(42-20(5)38)25(41-19(4)37)24(40-18(3)36)23(43-28)15-39-17(2)35/h6-14,23-26,28H,15H2,1-5H3/b31-13+/t23-,24-,25+,26-,28+/m1/s1. The molecule has 0 amide bonds. The summed E-state index contributed by atoms with van der Waals surface area (Å²) in [6, 6.07) is 11.2. The minimum Gasteiger partial charge on any atom is -0.463 e. The maximum atomic E-state index is 12.2. The van der Waals surface area contributed by atoms with Gasteiger partial charge in [-0.1, -0.05) is 29.8 Å². The van der Waals surface area contributed by atoms with Crippen molar-refractivity contribution in [3.05, 3.63) is 59.9 Å². The summed E-state index contributed by atoms with van der Waals surface area (Å²) in [5.74, 6) is -2.42. The number of hydrogen-bond donors (Lipinski definition) is 0. The van der Waals surface area contributed by atoms with E-state index >= 15 is 0 Å². The van der Waals surface area contributed by atoms with Crippen molar-refractivity contribution in [1.82, 2.24) is 19.9 Å². The number of carbonyl (C=O) groups excluding carboxylic acids is 4. The fourth-order valence-corrected chi connectivity index (χ4v) is 5.35. The SMILES string of the molecule is CC(=O)OC[C@H]1O[C@@H](Sc2nnc(-c3cccnc3)n2/N=C/c2ccc(C)cc2)[C@H](OC(C)=O)[C@@H](OC(C)=O)[C@@H]1OC(C)=O. The van der Waals surface area contributed by atoms with Crippen LogP contribution in [0.15, 0.2) is 59.0 Å². The molecule has 232 valence electrons. The zero-order chi connectivity index (χ0) is 31.8. The summed E-state index contributed by atoms with van der Waals surface area (Å²) in [5, 5.41) is 13.5. The van der Waals surface area contributed by atoms with Crippen molar-refractivity contribution in [2.24, 2.45) is 5.10 Å². The average Bonchev–Trinajstić information content (AvgIpc) is 3.36. The third kappa shape index (κ3) is 8.48. The van der Waals surface area contributed by atoms with E-state index in [2.05, 4.69) is 20.3 Å². The van der Waals surface area contributed by atoms with Gasteiger partial charge in [-0.3, -0.25) is 24.2 Å². The lowest BCUT2D eigenvalue weighted by Gasteiger charge is -2.43. The minimum absolute atomic E-state index is 0.216. The number of benzene rings is 1. The molecule has 2 aromatic heterocycles. The molecule has 0 saturated carbocycles. The maximum absolute atomic E-state index is 12.2. The Morgan fingerprint density at radius 2 is 1.57 bits per heavy atom. The number of nitrogens with zero attached hydrogens (tertiary/aromatic N) is 5. The highest BCUT2D eigenvalue weighted by Crippen LogP contribution is 2.38. The molecule has 14 nitrogen and oxygen atoms in total. The van der Waals surface area contributed by atoms with Gasteiger partial charge in [0.1, 0.15) is 12.7 Å². The van der Waals surface area contributed by atoms with E-state index in [4.69, 9.17) is 23.7 Å². The van der Waals surface area contributed by atoms with E-state index in [9.17, 15) is 19.2 Å². The summed E-state index contributed by atoms with van der Waals surface area (Å²) < 4.78 is 29.4. The summed E-state index contributed by atoms with van der Waals surface area (Å²) in [4.78, 5) is 52.3. The second-order valence-electron chi connectivity index (χ2n) is 9.70. The molecule has 15 heteroatoms. The fourth-order valence-electron chi connectivity index (χ4n) is 4.28. The van der Waals surface area contributed by atoms with Gasteiger partial charge in [0.25, 0.3) is 0 Å². The molecule has 0 spiro atoms. The Balaban J connectivity index is 1.77. The zero-order valence-corrected chi connectivity index (χ0v) is 25.4. The Morgan fingerprint density at radius 1 is 0.909 bits per heavy atom. The van der Waals surface area contributed by atoms with Crippen LogP contribution in [0.3, 0.4) is 0 Å². The van der Waals surface area contributed by atoms with Crippen molar-refractivity contribution < 1.29 is 42.9 Å². The number of esters is 4. The molecule has 0 unspecified atom stereocenters. The van der Waals surface area contributed by atoms with Crippen molar-refractivity contribution in [3.8, 4) is 11.4 Å². The third-order valence-corrected chi connectivity index (χ3v) is 7.18. The second kappa shape index (κ2) is 14.7. The van der Waals surface area contributed by atoms with Gasteiger partial charge in [0.15, 0.2) is 29.6 Å². The molecule has 0 aliphatic carbocycles. The van der Waals surface area contributed by atoms with Crippen molar-refractivity contribution in [1.29, 1.82) is 0 Å². The molecule has 0 radical (unpaired) electrons. The first-order valence-electron chi connectivity index (χ1n) is 13.5. The zero-order valence-electron chi connectivity index (χ0n) is 24.6. The maximum Gasteiger partial charge on any atom is 0.303 e. The fraction of sp³-hybridized carbons (Fsp3) is 0.379. The summed E-state index contributed by atoms with van der Waals surface area (Å²) in [5.41, 5.74) is 1.40. The average molecular weight is 626 g/mol. The molecule has 0 N–H and O–H groups in total. The van der Waals surface area contributed by atoms with E-state index < -0.39 is 53.7 Å². The van der Waals surface area contributed by atoms with Crippen LogP contribution in [0.5, 0.6) is 0 Å². The molecule has 5 atom stereocenters. The van der Waals surface area contributed by atoms with E-state index in [1.807, 2.05) is 31.2 Å². The summed E-state index contributed by atoms with van der Waals surface area (Å²) in [7, 11) is 0. The highest BCUT2D eigenvalue weighted by Gasteiger charge is 2.53. The van der Waals surface area contributed by atoms with Crippen LogP contribution < -0.4 is 0 Å². The van der Waals surface area contributed by atoms with Crippen LogP contribution >= 0.6 is 11.8 Å². The lowest BCUT2D eigenvalue weighted by molar-refractivity contribution is -0.237. The molecule has 0 bridgehead atoms. The smallest absolute Gasteiger partial charge is 0.303 e. The number of ether oxygens (including phenoxy) is 5. The van der Waals surface area contributed by atoms with Gasteiger partial charge >= 0.3 is 23.9 Å². The summed E-state index contributed by atoms with van der Waals surface area (Å²) >= 11 is 0.968. The predicted molar refractivity (Wildman–Crippen MR) is 155 cm³/mol. The largest absolute Gasteiger partial charge is 0.463 e. The topological polar surface area (TPSA) is 170 Å². The van der Waals surface area contributed by atoms with Crippen LogP contribution in [0.4, 0.5) is 0 Å². The van der Waals surface area contributed by atoms with E-state index in [0.29, 0.717) is 11.4 Å². The van der Waals surface area contributed by atoms with Crippen LogP contribution in [0, 0.1) is 6.92 Å². The van der Waals surface area contributed by atoms with Gasteiger partial charge in [0.2, 0.25) is 5.16 Å². The van der Waals surface area contributed by atoms with Crippen LogP contribution in [0.25, 0.3) is 11.4 Å². The first-order chi connectivity index (χ1) is 21.0. The lowest BCUT2D eigenvalue weighted by atomic mass is 9.99. The van der Waals surface area contributed by atoms with Crippen molar-refractivity contribution in [3.63, 3.8) is 0 Å². The van der Waals surface area contributed by atoms with Crippen LogP contribution in [-0.4, -0.2) is 86.4 Å². The Labute approximate surface area is 257 Å². The van der Waals surface area contributed by atoms with Gasteiger partial charge in [-0.25, -0.2) is 0 Å². The molecule has 44 heavy (non-hydrogen) atoms. The first-order valence-corrected chi connectivity index (χ1v) is 14.3.